The molecule has 0 saturated heterocycles. The summed E-state index contributed by atoms with van der Waals surface area (Å²) in [5.74, 6) is -2.61. The number of rotatable bonds is 8. The molecule has 2 aliphatic heterocycles. The number of carbonyl (C=O) groups excluding carboxylic acids is 3. The molecule has 0 radical (unpaired) electrons. The van der Waals surface area contributed by atoms with Crippen LogP contribution in [0, 0.1) is 11.8 Å². The fourth-order valence-electron chi connectivity index (χ4n) is 5.88. The van der Waals surface area contributed by atoms with Crippen molar-refractivity contribution >= 4 is 34.6 Å². The van der Waals surface area contributed by atoms with Crippen LogP contribution in [0.4, 0.5) is 0 Å². The van der Waals surface area contributed by atoms with E-state index < -0.39 is 42.0 Å². The van der Waals surface area contributed by atoms with Gasteiger partial charge in [0.15, 0.2) is 0 Å². The van der Waals surface area contributed by atoms with Gasteiger partial charge in [-0.1, -0.05) is 64.1 Å². The first-order chi connectivity index (χ1) is 18.6. The highest BCUT2D eigenvalue weighted by Gasteiger charge is 2.49. The van der Waals surface area contributed by atoms with Gasteiger partial charge in [0.05, 0.1) is 6.04 Å². The van der Waals surface area contributed by atoms with Crippen LogP contribution in [0.5, 0.6) is 0 Å². The Bertz CT molecular complexity index is 1460. The number of aromatic nitrogens is 1. The van der Waals surface area contributed by atoms with Gasteiger partial charge in [0.2, 0.25) is 11.8 Å². The number of carboxylic acids is 1. The lowest BCUT2D eigenvalue weighted by Crippen LogP contribution is -2.58. The molecule has 9 nitrogen and oxygen atoms in total. The Morgan fingerprint density at radius 2 is 1.72 bits per heavy atom. The van der Waals surface area contributed by atoms with Crippen LogP contribution in [-0.4, -0.2) is 56.8 Å². The molecule has 3 aromatic rings. The fourth-order valence-corrected chi connectivity index (χ4v) is 5.88. The zero-order chi connectivity index (χ0) is 28.0. The Hall–Kier alpha value is -4.14. The summed E-state index contributed by atoms with van der Waals surface area (Å²) in [7, 11) is 0. The molecule has 1 aromatic heterocycles. The van der Waals surface area contributed by atoms with E-state index >= 15 is 0 Å². The quantitative estimate of drug-likeness (QED) is 0.355. The number of carbonyl (C=O) groups is 4. The summed E-state index contributed by atoms with van der Waals surface area (Å²) in [6.45, 7) is 7.29. The van der Waals surface area contributed by atoms with E-state index in [4.69, 9.17) is 0 Å². The van der Waals surface area contributed by atoms with Gasteiger partial charge in [0.1, 0.15) is 18.1 Å². The minimum absolute atomic E-state index is 0.0559. The molecule has 3 heterocycles. The summed E-state index contributed by atoms with van der Waals surface area (Å²) in [5.41, 5.74) is 4.21. The van der Waals surface area contributed by atoms with Crippen molar-refractivity contribution in [3.63, 3.8) is 0 Å². The number of aromatic amines is 1. The summed E-state index contributed by atoms with van der Waals surface area (Å²) in [5, 5.41) is 16.0. The first-order valence-corrected chi connectivity index (χ1v) is 13.4. The Kier molecular flexibility index (Phi) is 6.92. The van der Waals surface area contributed by atoms with Crippen molar-refractivity contribution in [3.8, 4) is 0 Å². The number of nitrogens with one attached hydrogen (secondary N) is 3. The van der Waals surface area contributed by atoms with Crippen LogP contribution in [0.15, 0.2) is 48.5 Å². The lowest BCUT2D eigenvalue weighted by Gasteiger charge is -2.38. The van der Waals surface area contributed by atoms with Crippen LogP contribution in [0.1, 0.15) is 67.3 Å². The van der Waals surface area contributed by atoms with E-state index in [2.05, 4.69) is 15.6 Å². The molecule has 0 spiro atoms. The van der Waals surface area contributed by atoms with Gasteiger partial charge in [-0.3, -0.25) is 14.4 Å². The molecular formula is C30H34N4O5. The Morgan fingerprint density at radius 1 is 1.03 bits per heavy atom. The molecule has 2 aromatic carbocycles. The first-order valence-electron chi connectivity index (χ1n) is 13.4. The number of benzene rings is 2. The summed E-state index contributed by atoms with van der Waals surface area (Å²) in [6.07, 6.45) is 0.617. The molecule has 5 rings (SSSR count). The molecule has 0 saturated carbocycles. The van der Waals surface area contributed by atoms with Gasteiger partial charge in [0, 0.05) is 28.6 Å². The van der Waals surface area contributed by atoms with E-state index in [1.807, 2.05) is 56.3 Å². The number of para-hydroxylation sites is 1. The predicted molar refractivity (Wildman–Crippen MR) is 146 cm³/mol. The Balaban J connectivity index is 1.50. The van der Waals surface area contributed by atoms with Crippen LogP contribution in [0.2, 0.25) is 0 Å². The molecule has 0 fully saturated rings. The van der Waals surface area contributed by atoms with Crippen molar-refractivity contribution < 1.29 is 24.3 Å². The van der Waals surface area contributed by atoms with Crippen LogP contribution in [0.3, 0.4) is 0 Å². The second-order valence-electron chi connectivity index (χ2n) is 11.2. The Morgan fingerprint density at radius 3 is 2.41 bits per heavy atom. The molecule has 9 heteroatoms. The summed E-state index contributed by atoms with van der Waals surface area (Å²) in [6, 6.07) is 12.0. The molecule has 204 valence electrons. The minimum atomic E-state index is -1.13. The number of aliphatic carboxylic acids is 1. The van der Waals surface area contributed by atoms with Crippen LogP contribution in [-0.2, 0) is 20.8 Å². The average Bonchev–Trinajstić information content (AvgIpc) is 3.41. The average molecular weight is 531 g/mol. The number of hydrogen-bond donors (Lipinski definition) is 4. The number of carboxylic acid groups (broad SMARTS) is 1. The third-order valence-corrected chi connectivity index (χ3v) is 7.73. The van der Waals surface area contributed by atoms with E-state index in [-0.39, 0.29) is 17.7 Å². The highest BCUT2D eigenvalue weighted by Crippen LogP contribution is 2.46. The molecule has 4 unspecified atom stereocenters. The maximum atomic E-state index is 13.9. The van der Waals surface area contributed by atoms with Crippen molar-refractivity contribution in [2.45, 2.75) is 64.7 Å². The van der Waals surface area contributed by atoms with E-state index in [1.54, 1.807) is 24.8 Å². The normalized spacial score (nSPS) is 19.4. The van der Waals surface area contributed by atoms with Gasteiger partial charge in [-0.15, -0.1) is 0 Å². The van der Waals surface area contributed by atoms with Crippen molar-refractivity contribution in [1.82, 2.24) is 20.5 Å². The standard InChI is InChI=1S/C30H34N4O5/c1-15(2)13-22(27(35)33-24(16(3)4)30(38)39)32-28(36)23-14-20-17-9-7-8-12-21(17)31-25(20)26-18-10-5-6-11-19(18)29(37)34(23)26/h5-12,15-16,22-24,26,31H,13-14H2,1-4H3,(H,32,36)(H,33,35)(H,38,39). The van der Waals surface area contributed by atoms with Crippen LogP contribution in [0.25, 0.3) is 10.9 Å². The lowest BCUT2D eigenvalue weighted by atomic mass is 9.89. The number of hydrogen-bond acceptors (Lipinski definition) is 4. The molecule has 3 amide bonds. The molecular weight excluding hydrogens is 496 g/mol. The molecule has 0 aliphatic carbocycles. The van der Waals surface area contributed by atoms with Gasteiger partial charge >= 0.3 is 5.97 Å². The first kappa shape index (κ1) is 26.5. The van der Waals surface area contributed by atoms with E-state index in [9.17, 15) is 24.3 Å². The Labute approximate surface area is 227 Å². The SMILES string of the molecule is CC(C)CC(NC(=O)C1Cc2c([nH]c3ccccc23)C2c3ccccc3C(=O)N12)C(=O)NC(C(=O)O)C(C)C. The van der Waals surface area contributed by atoms with Gasteiger partial charge < -0.3 is 25.6 Å². The summed E-state index contributed by atoms with van der Waals surface area (Å²) in [4.78, 5) is 57.7. The van der Waals surface area contributed by atoms with Crippen molar-refractivity contribution in [2.75, 3.05) is 0 Å². The monoisotopic (exact) mass is 530 g/mol. The largest absolute Gasteiger partial charge is 0.480 e. The second-order valence-corrected chi connectivity index (χ2v) is 11.2. The van der Waals surface area contributed by atoms with Crippen molar-refractivity contribution in [1.29, 1.82) is 0 Å². The fraction of sp³-hybridized carbons (Fsp3) is 0.400. The lowest BCUT2D eigenvalue weighted by molar-refractivity contribution is -0.143. The zero-order valence-corrected chi connectivity index (χ0v) is 22.5. The van der Waals surface area contributed by atoms with Crippen molar-refractivity contribution in [2.24, 2.45) is 11.8 Å². The highest BCUT2D eigenvalue weighted by molar-refractivity contribution is 6.04. The van der Waals surface area contributed by atoms with Gasteiger partial charge in [-0.25, -0.2) is 4.79 Å². The molecule has 4 atom stereocenters. The van der Waals surface area contributed by atoms with Crippen LogP contribution >= 0.6 is 0 Å². The molecule has 4 N–H and O–H groups in total. The predicted octanol–water partition coefficient (Wildman–Crippen LogP) is 3.39. The maximum Gasteiger partial charge on any atom is 0.326 e. The third kappa shape index (κ3) is 4.66. The van der Waals surface area contributed by atoms with E-state index in [0.29, 0.717) is 18.4 Å². The van der Waals surface area contributed by atoms with E-state index in [1.165, 1.54) is 0 Å². The topological polar surface area (TPSA) is 132 Å². The van der Waals surface area contributed by atoms with Crippen LogP contribution < -0.4 is 10.6 Å². The number of nitrogens with zero attached hydrogens (tertiary/aromatic N) is 1. The van der Waals surface area contributed by atoms with Gasteiger partial charge in [-0.05, 0) is 41.5 Å². The number of fused-ring (bicyclic) bond motifs is 7. The highest BCUT2D eigenvalue weighted by atomic mass is 16.4. The molecule has 2 aliphatic rings. The number of H-pyrrole nitrogens is 1. The van der Waals surface area contributed by atoms with E-state index in [0.717, 1.165) is 27.7 Å². The minimum Gasteiger partial charge on any atom is -0.480 e. The molecule has 39 heavy (non-hydrogen) atoms. The van der Waals surface area contributed by atoms with Gasteiger partial charge in [-0.2, -0.15) is 0 Å². The summed E-state index contributed by atoms with van der Waals surface area (Å²) >= 11 is 0. The zero-order valence-electron chi connectivity index (χ0n) is 22.5. The molecule has 0 bridgehead atoms. The maximum absolute atomic E-state index is 13.9. The van der Waals surface area contributed by atoms with Gasteiger partial charge in [0.25, 0.3) is 5.91 Å². The third-order valence-electron chi connectivity index (χ3n) is 7.73. The smallest absolute Gasteiger partial charge is 0.326 e. The summed E-state index contributed by atoms with van der Waals surface area (Å²) < 4.78 is 0. The van der Waals surface area contributed by atoms with Crippen molar-refractivity contribution in [3.05, 3.63) is 70.9 Å². The number of amides is 3. The second kappa shape index (κ2) is 10.2.